The zero-order valence-corrected chi connectivity index (χ0v) is 20.1. The zero-order chi connectivity index (χ0) is 26.8. The van der Waals surface area contributed by atoms with Crippen LogP contribution in [0.5, 0.6) is 5.75 Å². The highest BCUT2D eigenvalue weighted by atomic mass is 19.4. The second-order valence-electron chi connectivity index (χ2n) is 9.25. The van der Waals surface area contributed by atoms with Crippen molar-refractivity contribution < 1.29 is 31.8 Å². The topological polar surface area (TPSA) is 95.5 Å². The van der Waals surface area contributed by atoms with Gasteiger partial charge in [-0.25, -0.2) is 9.37 Å². The van der Waals surface area contributed by atoms with E-state index >= 15 is 4.39 Å². The fraction of sp³-hybridized carbons (Fsp3) is 0.269. The van der Waals surface area contributed by atoms with Crippen molar-refractivity contribution in [2.75, 3.05) is 17.2 Å². The van der Waals surface area contributed by atoms with Gasteiger partial charge < -0.3 is 15.2 Å². The van der Waals surface area contributed by atoms with Crippen LogP contribution in [0.15, 0.2) is 42.7 Å². The highest BCUT2D eigenvalue weighted by Crippen LogP contribution is 2.42. The lowest BCUT2D eigenvalue weighted by molar-refractivity contribution is -0.137. The standard InChI is InChI=1S/C26H21F4N5O3/c1-34-10-14(9-32-34)35(22-4-5-38-23-6-13(26(28,29)30)2-3-15(22)23)25(36)17-7-16-18-11-37-12-19(18)24(31)33-21(16)8-20(17)27/h2-3,6-10,22H,4-5,11-12H2,1H3,(H2,31,33). The molecule has 0 saturated heterocycles. The van der Waals surface area contributed by atoms with Gasteiger partial charge in [0.05, 0.1) is 54.4 Å². The number of carbonyl (C=O) groups is 1. The van der Waals surface area contributed by atoms with Crippen molar-refractivity contribution in [2.45, 2.75) is 31.9 Å². The van der Waals surface area contributed by atoms with E-state index in [2.05, 4.69) is 10.1 Å². The SMILES string of the molecule is Cn1cc(N(C(=O)c2cc3c4c(c(N)nc3cc2F)COC4)C2CCOc3cc(C(F)(F)F)ccc32)cn1. The molecule has 0 radical (unpaired) electrons. The van der Waals surface area contributed by atoms with Crippen LogP contribution in [0.3, 0.4) is 0 Å². The molecule has 1 amide bonds. The number of hydrogen-bond donors (Lipinski definition) is 1. The number of alkyl halides is 3. The van der Waals surface area contributed by atoms with Crippen LogP contribution >= 0.6 is 0 Å². The molecule has 0 fully saturated rings. The van der Waals surface area contributed by atoms with Gasteiger partial charge in [-0.3, -0.25) is 14.4 Å². The summed E-state index contributed by atoms with van der Waals surface area (Å²) in [7, 11) is 1.66. The number of anilines is 2. The van der Waals surface area contributed by atoms with Crippen molar-refractivity contribution >= 4 is 28.3 Å². The number of carbonyl (C=O) groups excluding carboxylic acids is 1. The Morgan fingerprint density at radius 1 is 1.18 bits per heavy atom. The zero-order valence-electron chi connectivity index (χ0n) is 20.1. The Kier molecular flexibility index (Phi) is 5.53. The summed E-state index contributed by atoms with van der Waals surface area (Å²) < 4.78 is 68.0. The minimum Gasteiger partial charge on any atom is -0.493 e. The fourth-order valence-corrected chi connectivity index (χ4v) is 5.07. The van der Waals surface area contributed by atoms with Gasteiger partial charge in [0.15, 0.2) is 0 Å². The number of nitrogens with two attached hydrogens (primary N) is 1. The molecular formula is C26H21F4N5O3. The van der Waals surface area contributed by atoms with Gasteiger partial charge in [0, 0.05) is 42.2 Å². The molecule has 196 valence electrons. The Morgan fingerprint density at radius 2 is 1.97 bits per heavy atom. The van der Waals surface area contributed by atoms with Crippen molar-refractivity contribution in [1.82, 2.24) is 14.8 Å². The number of ether oxygens (including phenoxy) is 2. The first kappa shape index (κ1) is 24.2. The third kappa shape index (κ3) is 3.92. The van der Waals surface area contributed by atoms with Crippen molar-refractivity contribution in [3.8, 4) is 5.75 Å². The molecule has 2 aromatic carbocycles. The van der Waals surface area contributed by atoms with Gasteiger partial charge in [0.1, 0.15) is 17.4 Å². The largest absolute Gasteiger partial charge is 0.493 e. The summed E-state index contributed by atoms with van der Waals surface area (Å²) in [6.45, 7) is 0.585. The molecule has 1 unspecified atom stereocenters. The summed E-state index contributed by atoms with van der Waals surface area (Å²) in [6, 6.07) is 5.03. The molecule has 1 atom stereocenters. The molecule has 8 nitrogen and oxygen atoms in total. The summed E-state index contributed by atoms with van der Waals surface area (Å²) >= 11 is 0. The maximum atomic E-state index is 15.5. The van der Waals surface area contributed by atoms with E-state index in [0.29, 0.717) is 27.7 Å². The van der Waals surface area contributed by atoms with E-state index in [0.717, 1.165) is 23.8 Å². The molecule has 4 heterocycles. The Balaban J connectivity index is 1.49. The first-order chi connectivity index (χ1) is 18.1. The quantitative estimate of drug-likeness (QED) is 0.381. The lowest BCUT2D eigenvalue weighted by atomic mass is 9.95. The van der Waals surface area contributed by atoms with Crippen molar-refractivity contribution in [3.05, 3.63) is 76.4 Å². The van der Waals surface area contributed by atoms with E-state index in [-0.39, 0.29) is 43.4 Å². The molecule has 4 aromatic rings. The molecule has 2 N–H and O–H groups in total. The maximum Gasteiger partial charge on any atom is 0.416 e. The summed E-state index contributed by atoms with van der Waals surface area (Å²) in [5, 5.41) is 4.69. The van der Waals surface area contributed by atoms with E-state index < -0.39 is 29.5 Å². The minimum atomic E-state index is -4.56. The number of amides is 1. The predicted octanol–water partition coefficient (Wildman–Crippen LogP) is 4.91. The van der Waals surface area contributed by atoms with E-state index in [9.17, 15) is 18.0 Å². The van der Waals surface area contributed by atoms with Crippen LogP contribution in [0.25, 0.3) is 10.9 Å². The summed E-state index contributed by atoms with van der Waals surface area (Å²) in [5.41, 5.74) is 7.41. The van der Waals surface area contributed by atoms with E-state index in [4.69, 9.17) is 15.2 Å². The van der Waals surface area contributed by atoms with Gasteiger partial charge in [-0.1, -0.05) is 6.07 Å². The molecule has 6 rings (SSSR count). The Labute approximate surface area is 213 Å². The minimum absolute atomic E-state index is 0.0198. The molecule has 2 aliphatic heterocycles. The lowest BCUT2D eigenvalue weighted by Crippen LogP contribution is -2.38. The number of hydrogen-bond acceptors (Lipinski definition) is 6. The van der Waals surface area contributed by atoms with Crippen molar-refractivity contribution in [1.29, 1.82) is 0 Å². The summed E-state index contributed by atoms with van der Waals surface area (Å²) in [6.07, 6.45) is -1.25. The van der Waals surface area contributed by atoms with Crippen molar-refractivity contribution in [3.63, 3.8) is 0 Å². The molecule has 38 heavy (non-hydrogen) atoms. The van der Waals surface area contributed by atoms with Gasteiger partial charge in [-0.2, -0.15) is 18.3 Å². The number of aromatic nitrogens is 3. The number of halogens is 4. The average molecular weight is 527 g/mol. The number of nitrogen functional groups attached to an aromatic ring is 1. The molecule has 2 aromatic heterocycles. The van der Waals surface area contributed by atoms with E-state index in [1.807, 2.05) is 0 Å². The van der Waals surface area contributed by atoms with Crippen LogP contribution in [0.2, 0.25) is 0 Å². The smallest absolute Gasteiger partial charge is 0.416 e. The molecule has 12 heteroatoms. The fourth-order valence-electron chi connectivity index (χ4n) is 5.07. The monoisotopic (exact) mass is 527 g/mol. The van der Waals surface area contributed by atoms with Crippen LogP contribution in [0, 0.1) is 5.82 Å². The van der Waals surface area contributed by atoms with Gasteiger partial charge in [0.2, 0.25) is 0 Å². The van der Waals surface area contributed by atoms with Gasteiger partial charge in [-0.15, -0.1) is 0 Å². The number of rotatable bonds is 3. The van der Waals surface area contributed by atoms with Crippen LogP contribution in [0.4, 0.5) is 29.1 Å². The second kappa shape index (κ2) is 8.69. The molecular weight excluding hydrogens is 506 g/mol. The Bertz CT molecular complexity index is 1600. The van der Waals surface area contributed by atoms with Crippen LogP contribution in [0.1, 0.15) is 45.1 Å². The molecule has 2 aliphatic rings. The van der Waals surface area contributed by atoms with Crippen LogP contribution in [-0.2, 0) is 31.2 Å². The van der Waals surface area contributed by atoms with Crippen LogP contribution < -0.4 is 15.4 Å². The summed E-state index contributed by atoms with van der Waals surface area (Å²) in [5.74, 6) is -1.22. The molecule has 0 saturated carbocycles. The van der Waals surface area contributed by atoms with Crippen LogP contribution in [-0.4, -0.2) is 27.3 Å². The lowest BCUT2D eigenvalue weighted by Gasteiger charge is -2.35. The van der Waals surface area contributed by atoms with Crippen molar-refractivity contribution in [2.24, 2.45) is 7.05 Å². The highest BCUT2D eigenvalue weighted by molar-refractivity contribution is 6.09. The van der Waals surface area contributed by atoms with Gasteiger partial charge >= 0.3 is 6.18 Å². The number of aryl methyl sites for hydroxylation is 1. The first-order valence-electron chi connectivity index (χ1n) is 11.8. The van der Waals surface area contributed by atoms with E-state index in [1.54, 1.807) is 13.2 Å². The van der Waals surface area contributed by atoms with Gasteiger partial charge in [0.25, 0.3) is 5.91 Å². The number of fused-ring (bicyclic) bond motifs is 4. The number of nitrogens with zero attached hydrogens (tertiary/aromatic N) is 4. The average Bonchev–Trinajstić information content (AvgIpc) is 3.53. The van der Waals surface area contributed by atoms with Gasteiger partial charge in [-0.05, 0) is 23.8 Å². The van der Waals surface area contributed by atoms with E-state index in [1.165, 1.54) is 27.9 Å². The third-order valence-corrected chi connectivity index (χ3v) is 6.90. The molecule has 0 aliphatic carbocycles. The third-order valence-electron chi connectivity index (χ3n) is 6.90. The Hall–Kier alpha value is -4.19. The predicted molar refractivity (Wildman–Crippen MR) is 129 cm³/mol. The second-order valence-corrected chi connectivity index (χ2v) is 9.25. The summed E-state index contributed by atoms with van der Waals surface area (Å²) in [4.78, 5) is 19.7. The molecule has 0 spiro atoms. The normalized spacial score (nSPS) is 16.7. The number of pyridine rings is 1. The Morgan fingerprint density at radius 3 is 2.71 bits per heavy atom. The number of benzene rings is 2. The maximum absolute atomic E-state index is 15.5. The first-order valence-corrected chi connectivity index (χ1v) is 11.8. The molecule has 0 bridgehead atoms. The highest BCUT2D eigenvalue weighted by Gasteiger charge is 2.37.